The molecule has 1 saturated carbocycles. The van der Waals surface area contributed by atoms with Gasteiger partial charge in [-0.05, 0) is 42.7 Å². The number of carbonyl (C=O) groups excluding carboxylic acids is 1. The van der Waals surface area contributed by atoms with E-state index in [2.05, 4.69) is 36.0 Å². The SMILES string of the molecule is Cc1ccc(-c2nnn(C3CC3)n2)cc1NC(=O)c1cnn2cc(-c3cn[nH]c3)cc(F)c12. The standard InChI is InChI=1S/C22H18FN9O/c1-12-2-3-13(21-28-30-32(29-21)16-4-5-16)7-19(12)27-22(33)17-10-26-31-11-14(6-18(23)20(17)31)15-8-24-25-9-15/h2-3,6-11,16H,4-5H2,1H3,(H,24,25)(H,27,33). The lowest BCUT2D eigenvalue weighted by atomic mass is 10.1. The Kier molecular flexibility index (Phi) is 4.28. The summed E-state index contributed by atoms with van der Waals surface area (Å²) in [6.07, 6.45) is 8.38. The van der Waals surface area contributed by atoms with E-state index in [4.69, 9.17) is 0 Å². The molecule has 10 nitrogen and oxygen atoms in total. The van der Waals surface area contributed by atoms with Crippen molar-refractivity contribution in [3.05, 3.63) is 66.0 Å². The number of nitrogens with zero attached hydrogens (tertiary/aromatic N) is 7. The Morgan fingerprint density at radius 2 is 2.06 bits per heavy atom. The maximum absolute atomic E-state index is 15.0. The molecule has 11 heteroatoms. The highest BCUT2D eigenvalue weighted by atomic mass is 19.1. The number of anilines is 1. The fourth-order valence-corrected chi connectivity index (χ4v) is 3.69. The van der Waals surface area contributed by atoms with Crippen LogP contribution in [0.15, 0.2) is 49.1 Å². The largest absolute Gasteiger partial charge is 0.322 e. The van der Waals surface area contributed by atoms with Crippen LogP contribution in [0.2, 0.25) is 0 Å². The highest BCUT2D eigenvalue weighted by Gasteiger charge is 2.26. The average Bonchev–Trinajstić information content (AvgIpc) is 3.23. The minimum absolute atomic E-state index is 0.0996. The lowest BCUT2D eigenvalue weighted by Gasteiger charge is -2.09. The molecule has 1 aliphatic rings. The minimum Gasteiger partial charge on any atom is -0.322 e. The van der Waals surface area contributed by atoms with Crippen molar-refractivity contribution in [1.29, 1.82) is 0 Å². The van der Waals surface area contributed by atoms with Gasteiger partial charge in [0, 0.05) is 34.8 Å². The first-order chi connectivity index (χ1) is 16.1. The van der Waals surface area contributed by atoms with E-state index < -0.39 is 11.7 Å². The van der Waals surface area contributed by atoms with Gasteiger partial charge >= 0.3 is 0 Å². The van der Waals surface area contributed by atoms with Crippen LogP contribution in [0.4, 0.5) is 10.1 Å². The van der Waals surface area contributed by atoms with E-state index in [1.807, 2.05) is 19.1 Å². The zero-order valence-electron chi connectivity index (χ0n) is 17.5. The van der Waals surface area contributed by atoms with Crippen LogP contribution in [0.25, 0.3) is 28.0 Å². The Morgan fingerprint density at radius 1 is 1.18 bits per heavy atom. The number of hydrogen-bond acceptors (Lipinski definition) is 6. The van der Waals surface area contributed by atoms with Crippen molar-refractivity contribution in [2.75, 3.05) is 5.32 Å². The van der Waals surface area contributed by atoms with Crippen molar-refractivity contribution >= 4 is 17.1 Å². The molecule has 1 aromatic carbocycles. The van der Waals surface area contributed by atoms with Crippen LogP contribution in [0.3, 0.4) is 0 Å². The number of aromatic nitrogens is 8. The summed E-state index contributed by atoms with van der Waals surface area (Å²) >= 11 is 0. The average molecular weight is 443 g/mol. The molecule has 6 rings (SSSR count). The maximum Gasteiger partial charge on any atom is 0.259 e. The topological polar surface area (TPSA) is 119 Å². The number of fused-ring (bicyclic) bond motifs is 1. The Hall–Kier alpha value is -4.41. The van der Waals surface area contributed by atoms with Gasteiger partial charge in [0.15, 0.2) is 0 Å². The van der Waals surface area contributed by atoms with E-state index in [-0.39, 0.29) is 11.1 Å². The molecule has 4 aromatic heterocycles. The van der Waals surface area contributed by atoms with Gasteiger partial charge in [-0.15, -0.1) is 10.2 Å². The normalized spacial score (nSPS) is 13.5. The monoisotopic (exact) mass is 443 g/mol. The number of carbonyl (C=O) groups is 1. The number of aryl methyl sites for hydroxylation is 1. The highest BCUT2D eigenvalue weighted by molar-refractivity contribution is 6.09. The number of hydrogen-bond donors (Lipinski definition) is 2. The molecule has 164 valence electrons. The van der Waals surface area contributed by atoms with Crippen LogP contribution in [-0.2, 0) is 0 Å². The Morgan fingerprint density at radius 3 is 2.85 bits per heavy atom. The molecule has 0 unspecified atom stereocenters. The second kappa shape index (κ2) is 7.33. The summed E-state index contributed by atoms with van der Waals surface area (Å²) in [5.74, 6) is -0.524. The molecule has 1 amide bonds. The molecule has 0 bridgehead atoms. The quantitative estimate of drug-likeness (QED) is 0.430. The number of halogens is 1. The van der Waals surface area contributed by atoms with E-state index in [9.17, 15) is 9.18 Å². The summed E-state index contributed by atoms with van der Waals surface area (Å²) < 4.78 is 16.3. The smallest absolute Gasteiger partial charge is 0.259 e. The van der Waals surface area contributed by atoms with Gasteiger partial charge in [0.1, 0.15) is 11.3 Å². The first-order valence-corrected chi connectivity index (χ1v) is 10.4. The minimum atomic E-state index is -0.553. The zero-order chi connectivity index (χ0) is 22.5. The fraction of sp³-hybridized carbons (Fsp3) is 0.182. The second-order valence-corrected chi connectivity index (χ2v) is 8.06. The van der Waals surface area contributed by atoms with Gasteiger partial charge in [-0.1, -0.05) is 12.1 Å². The van der Waals surface area contributed by atoms with Gasteiger partial charge in [-0.3, -0.25) is 9.89 Å². The lowest BCUT2D eigenvalue weighted by molar-refractivity contribution is 0.102. The van der Waals surface area contributed by atoms with Crippen LogP contribution < -0.4 is 5.32 Å². The predicted molar refractivity (Wildman–Crippen MR) is 117 cm³/mol. The van der Waals surface area contributed by atoms with Gasteiger partial charge < -0.3 is 5.32 Å². The molecule has 33 heavy (non-hydrogen) atoms. The fourth-order valence-electron chi connectivity index (χ4n) is 3.69. The van der Waals surface area contributed by atoms with Crippen LogP contribution in [0.5, 0.6) is 0 Å². The number of nitrogens with one attached hydrogen (secondary N) is 2. The summed E-state index contributed by atoms with van der Waals surface area (Å²) in [5, 5.41) is 26.3. The molecule has 0 radical (unpaired) electrons. The van der Waals surface area contributed by atoms with Crippen molar-refractivity contribution in [2.24, 2.45) is 0 Å². The number of rotatable bonds is 5. The molecule has 0 saturated heterocycles. The van der Waals surface area contributed by atoms with Crippen molar-refractivity contribution < 1.29 is 9.18 Å². The number of H-pyrrole nitrogens is 1. The first kappa shape index (κ1) is 19.3. The molecule has 1 aliphatic carbocycles. The molecule has 0 atom stereocenters. The second-order valence-electron chi connectivity index (χ2n) is 8.06. The molecule has 0 aliphatic heterocycles. The third kappa shape index (κ3) is 3.43. The molecule has 1 fully saturated rings. The first-order valence-electron chi connectivity index (χ1n) is 10.4. The molecule has 0 spiro atoms. The number of pyridine rings is 1. The Bertz CT molecular complexity index is 1500. The van der Waals surface area contributed by atoms with Crippen molar-refractivity contribution in [3.63, 3.8) is 0 Å². The summed E-state index contributed by atoms with van der Waals surface area (Å²) in [6, 6.07) is 7.23. The predicted octanol–water partition coefficient (Wildman–Crippen LogP) is 3.41. The van der Waals surface area contributed by atoms with Crippen LogP contribution in [0.1, 0.15) is 34.8 Å². The van der Waals surface area contributed by atoms with Crippen LogP contribution >= 0.6 is 0 Å². The Labute approximate surface area is 186 Å². The van der Waals surface area contributed by atoms with Crippen LogP contribution in [0, 0.1) is 12.7 Å². The van der Waals surface area contributed by atoms with E-state index in [0.717, 1.165) is 29.5 Å². The van der Waals surface area contributed by atoms with E-state index >= 15 is 0 Å². The van der Waals surface area contributed by atoms with E-state index in [1.165, 1.54) is 16.8 Å². The molecular weight excluding hydrogens is 425 g/mol. The maximum atomic E-state index is 15.0. The third-order valence-electron chi connectivity index (χ3n) is 5.69. The van der Waals surface area contributed by atoms with Gasteiger partial charge in [-0.25, -0.2) is 8.91 Å². The molecular formula is C22H18FN9O. The van der Waals surface area contributed by atoms with Crippen molar-refractivity contribution in [1.82, 2.24) is 40.0 Å². The Balaban J connectivity index is 1.31. The summed E-state index contributed by atoms with van der Waals surface area (Å²) in [5.41, 5.74) is 3.71. The number of tetrazole rings is 1. The number of amides is 1. The molecule has 2 N–H and O–H groups in total. The molecule has 4 heterocycles. The van der Waals surface area contributed by atoms with Gasteiger partial charge in [0.25, 0.3) is 5.91 Å². The van der Waals surface area contributed by atoms with Gasteiger partial charge in [0.05, 0.1) is 24.0 Å². The third-order valence-corrected chi connectivity index (χ3v) is 5.69. The summed E-state index contributed by atoms with van der Waals surface area (Å²) in [6.45, 7) is 1.88. The van der Waals surface area contributed by atoms with E-state index in [0.29, 0.717) is 23.1 Å². The van der Waals surface area contributed by atoms with Gasteiger partial charge in [-0.2, -0.15) is 15.0 Å². The lowest BCUT2D eigenvalue weighted by Crippen LogP contribution is -2.13. The zero-order valence-corrected chi connectivity index (χ0v) is 17.5. The van der Waals surface area contributed by atoms with Crippen molar-refractivity contribution in [2.45, 2.75) is 25.8 Å². The van der Waals surface area contributed by atoms with E-state index in [1.54, 1.807) is 29.5 Å². The summed E-state index contributed by atoms with van der Waals surface area (Å²) in [4.78, 5) is 14.7. The number of aromatic amines is 1. The van der Waals surface area contributed by atoms with Gasteiger partial charge in [0.2, 0.25) is 5.82 Å². The number of benzene rings is 1. The molecule has 5 aromatic rings. The van der Waals surface area contributed by atoms with Crippen LogP contribution in [-0.4, -0.2) is 45.9 Å². The highest BCUT2D eigenvalue weighted by Crippen LogP contribution is 2.33. The summed E-state index contributed by atoms with van der Waals surface area (Å²) in [7, 11) is 0. The van der Waals surface area contributed by atoms with Crippen molar-refractivity contribution in [3.8, 4) is 22.5 Å².